The smallest absolute Gasteiger partial charge is 0.337 e. The minimum Gasteiger partial charge on any atom is -0.489 e. The molecule has 0 aliphatic carbocycles. The first-order chi connectivity index (χ1) is 14.4. The van der Waals surface area contributed by atoms with E-state index in [4.69, 9.17) is 20.9 Å². The first-order valence-electron chi connectivity index (χ1n) is 9.18. The third kappa shape index (κ3) is 5.18. The highest BCUT2D eigenvalue weighted by Gasteiger charge is 2.12. The second kappa shape index (κ2) is 9.45. The predicted molar refractivity (Wildman–Crippen MR) is 112 cm³/mol. The molecule has 1 aromatic heterocycles. The molecular weight excluding hydrogens is 408 g/mol. The Morgan fingerprint density at radius 1 is 1.13 bits per heavy atom. The number of hydrogen-bond acceptors (Lipinski definition) is 6. The van der Waals surface area contributed by atoms with Crippen LogP contribution in [0.2, 0.25) is 5.02 Å². The van der Waals surface area contributed by atoms with Crippen LogP contribution >= 0.6 is 11.6 Å². The number of amides is 1. The monoisotopic (exact) mass is 428 g/mol. The second-order valence-electron chi connectivity index (χ2n) is 6.65. The molecule has 0 fully saturated rings. The molecule has 0 radical (unpaired) electrons. The highest BCUT2D eigenvalue weighted by Crippen LogP contribution is 2.24. The lowest BCUT2D eigenvalue weighted by molar-refractivity contribution is -0.115. The van der Waals surface area contributed by atoms with E-state index in [0.29, 0.717) is 28.6 Å². The van der Waals surface area contributed by atoms with Gasteiger partial charge in [0.1, 0.15) is 18.1 Å². The highest BCUT2D eigenvalue weighted by atomic mass is 35.5. The molecule has 2 aromatic carbocycles. The van der Waals surface area contributed by atoms with Crippen molar-refractivity contribution in [2.45, 2.75) is 26.9 Å². The van der Waals surface area contributed by atoms with Crippen LogP contribution in [0.3, 0.4) is 0 Å². The van der Waals surface area contributed by atoms with E-state index in [2.05, 4.69) is 15.2 Å². The van der Waals surface area contributed by atoms with Gasteiger partial charge in [-0.3, -0.25) is 4.79 Å². The van der Waals surface area contributed by atoms with Gasteiger partial charge >= 0.3 is 5.97 Å². The van der Waals surface area contributed by atoms with E-state index in [9.17, 15) is 9.59 Å². The quantitative estimate of drug-likeness (QED) is 0.557. The summed E-state index contributed by atoms with van der Waals surface area (Å²) in [4.78, 5) is 24.0. The maximum Gasteiger partial charge on any atom is 0.337 e. The summed E-state index contributed by atoms with van der Waals surface area (Å²) in [5.41, 5.74) is 3.18. The maximum absolute atomic E-state index is 12.4. The summed E-state index contributed by atoms with van der Waals surface area (Å²) >= 11 is 6.12. The zero-order valence-electron chi connectivity index (χ0n) is 16.8. The van der Waals surface area contributed by atoms with Gasteiger partial charge in [0.05, 0.1) is 41.1 Å². The van der Waals surface area contributed by atoms with Crippen LogP contribution in [0.4, 0.5) is 5.69 Å². The van der Waals surface area contributed by atoms with Gasteiger partial charge in [-0.15, -0.1) is 0 Å². The zero-order valence-corrected chi connectivity index (χ0v) is 17.6. The van der Waals surface area contributed by atoms with Crippen LogP contribution in [0.25, 0.3) is 0 Å². The molecule has 7 nitrogen and oxygen atoms in total. The van der Waals surface area contributed by atoms with E-state index in [1.807, 2.05) is 26.0 Å². The molecule has 0 aliphatic rings. The number of carbonyl (C=O) groups is 2. The lowest BCUT2D eigenvalue weighted by Gasteiger charge is -2.10. The van der Waals surface area contributed by atoms with E-state index < -0.39 is 5.97 Å². The molecule has 8 heteroatoms. The summed E-state index contributed by atoms with van der Waals surface area (Å²) in [5, 5.41) is 6.96. The molecule has 0 aliphatic heterocycles. The van der Waals surface area contributed by atoms with Crippen molar-refractivity contribution in [2.75, 3.05) is 12.4 Å². The van der Waals surface area contributed by atoms with Gasteiger partial charge in [-0.05, 0) is 49.7 Å². The molecule has 1 amide bonds. The van der Waals surface area contributed by atoms with Crippen LogP contribution in [-0.4, -0.2) is 24.1 Å². The third-order valence-corrected chi connectivity index (χ3v) is 4.84. The number of esters is 1. The van der Waals surface area contributed by atoms with Crippen LogP contribution in [0, 0.1) is 13.8 Å². The van der Waals surface area contributed by atoms with Gasteiger partial charge < -0.3 is 19.3 Å². The Morgan fingerprint density at radius 2 is 1.87 bits per heavy atom. The van der Waals surface area contributed by atoms with Gasteiger partial charge in [-0.25, -0.2) is 4.79 Å². The summed E-state index contributed by atoms with van der Waals surface area (Å²) in [5.74, 6) is 0.640. The van der Waals surface area contributed by atoms with Gasteiger partial charge in [0.15, 0.2) is 0 Å². The number of halogens is 1. The average Bonchev–Trinajstić information content (AvgIpc) is 3.06. The van der Waals surface area contributed by atoms with Crippen LogP contribution in [-0.2, 0) is 22.6 Å². The number of nitrogens with one attached hydrogen (secondary N) is 1. The van der Waals surface area contributed by atoms with E-state index >= 15 is 0 Å². The minimum atomic E-state index is -0.505. The highest BCUT2D eigenvalue weighted by molar-refractivity contribution is 6.33. The molecular formula is C22H21ClN2O5. The molecule has 3 aromatic rings. The summed E-state index contributed by atoms with van der Waals surface area (Å²) in [6, 6.07) is 11.8. The number of methoxy groups -OCH3 is 1. The number of ether oxygens (including phenoxy) is 2. The van der Waals surface area contributed by atoms with Crippen molar-refractivity contribution in [1.29, 1.82) is 0 Å². The lowest BCUT2D eigenvalue weighted by atomic mass is 10.1. The first-order valence-corrected chi connectivity index (χ1v) is 9.56. The van der Waals surface area contributed by atoms with E-state index in [-0.39, 0.29) is 12.3 Å². The predicted octanol–water partition coefficient (Wildman–Crippen LogP) is 4.49. The summed E-state index contributed by atoms with van der Waals surface area (Å²) in [7, 11) is 1.29. The molecule has 0 spiro atoms. The van der Waals surface area contributed by atoms with Crippen LogP contribution in [0.5, 0.6) is 5.75 Å². The molecule has 0 saturated carbocycles. The summed E-state index contributed by atoms with van der Waals surface area (Å²) in [6.45, 7) is 4.06. The Morgan fingerprint density at radius 3 is 2.50 bits per heavy atom. The topological polar surface area (TPSA) is 90.7 Å². The molecule has 0 atom stereocenters. The molecule has 1 heterocycles. The fourth-order valence-electron chi connectivity index (χ4n) is 2.81. The van der Waals surface area contributed by atoms with Gasteiger partial charge in [0.2, 0.25) is 5.91 Å². The lowest BCUT2D eigenvalue weighted by Crippen LogP contribution is -2.15. The molecule has 156 valence electrons. The third-order valence-electron chi connectivity index (χ3n) is 4.51. The molecule has 30 heavy (non-hydrogen) atoms. The molecule has 0 bridgehead atoms. The van der Waals surface area contributed by atoms with E-state index in [1.54, 1.807) is 12.1 Å². The number of aromatic nitrogens is 1. The first kappa shape index (κ1) is 21.4. The van der Waals surface area contributed by atoms with Crippen LogP contribution in [0.1, 0.15) is 32.9 Å². The Hall–Kier alpha value is -3.32. The molecule has 0 saturated heterocycles. The fraction of sp³-hybridized carbons (Fsp3) is 0.227. The van der Waals surface area contributed by atoms with Crippen molar-refractivity contribution in [3.8, 4) is 5.75 Å². The van der Waals surface area contributed by atoms with Crippen molar-refractivity contribution in [3.05, 3.63) is 75.6 Å². The van der Waals surface area contributed by atoms with Crippen LogP contribution < -0.4 is 10.1 Å². The van der Waals surface area contributed by atoms with Crippen LogP contribution in [0.15, 0.2) is 47.0 Å². The molecule has 0 unspecified atom stereocenters. The number of aryl methyl sites for hydroxylation is 2. The Labute approximate surface area is 178 Å². The average molecular weight is 429 g/mol. The Bertz CT molecular complexity index is 1040. The van der Waals surface area contributed by atoms with Crippen molar-refractivity contribution >= 4 is 29.2 Å². The largest absolute Gasteiger partial charge is 0.489 e. The second-order valence-corrected chi connectivity index (χ2v) is 7.05. The minimum absolute atomic E-state index is 0.142. The van der Waals surface area contributed by atoms with Crippen molar-refractivity contribution in [2.24, 2.45) is 0 Å². The zero-order chi connectivity index (χ0) is 21.7. The summed E-state index contributed by atoms with van der Waals surface area (Å²) < 4.78 is 15.6. The fourth-order valence-corrected chi connectivity index (χ4v) is 2.98. The molecule has 3 rings (SSSR count). The van der Waals surface area contributed by atoms with Gasteiger partial charge in [-0.1, -0.05) is 28.9 Å². The van der Waals surface area contributed by atoms with Gasteiger partial charge in [0, 0.05) is 0 Å². The maximum atomic E-state index is 12.4. The number of rotatable bonds is 7. The van der Waals surface area contributed by atoms with Crippen molar-refractivity contribution < 1.29 is 23.6 Å². The molecule has 1 N–H and O–H groups in total. The van der Waals surface area contributed by atoms with Gasteiger partial charge in [0.25, 0.3) is 0 Å². The summed E-state index contributed by atoms with van der Waals surface area (Å²) in [6.07, 6.45) is 0.142. The van der Waals surface area contributed by atoms with Crippen molar-refractivity contribution in [1.82, 2.24) is 5.16 Å². The SMILES string of the molecule is COC(=O)c1ccc(Cl)c(NC(=O)Cc2ccc(OCc3c(C)noc3C)cc2)c1. The number of benzene rings is 2. The Kier molecular flexibility index (Phi) is 6.74. The normalized spacial score (nSPS) is 10.5. The standard InChI is InChI=1S/C22H21ClN2O5/c1-13-18(14(2)30-25-13)12-29-17-7-4-15(5-8-17)10-21(26)24-20-11-16(22(27)28-3)6-9-19(20)23/h4-9,11H,10,12H2,1-3H3,(H,24,26). The van der Waals surface area contributed by atoms with Crippen molar-refractivity contribution in [3.63, 3.8) is 0 Å². The van der Waals surface area contributed by atoms with Gasteiger partial charge in [-0.2, -0.15) is 0 Å². The number of hydrogen-bond donors (Lipinski definition) is 1. The Balaban J connectivity index is 1.59. The van der Waals surface area contributed by atoms with E-state index in [0.717, 1.165) is 22.6 Å². The van der Waals surface area contributed by atoms with E-state index in [1.165, 1.54) is 25.3 Å². The number of anilines is 1. The number of nitrogens with zero attached hydrogens (tertiary/aromatic N) is 1. The number of carbonyl (C=O) groups excluding carboxylic acids is 2.